The van der Waals surface area contributed by atoms with Crippen molar-refractivity contribution in [2.75, 3.05) is 13.1 Å². The number of nitrogens with one attached hydrogen (secondary N) is 1. The van der Waals surface area contributed by atoms with Crippen LogP contribution in [0.2, 0.25) is 0 Å². The number of likely N-dealkylation sites (tertiary alicyclic amines) is 1. The maximum Gasteiger partial charge on any atom is 0.00993 e. The third kappa shape index (κ3) is 3.45. The Morgan fingerprint density at radius 1 is 1.06 bits per heavy atom. The second-order valence-corrected chi connectivity index (χ2v) is 5.90. The number of rotatable bonds is 5. The van der Waals surface area contributed by atoms with Gasteiger partial charge in [-0.1, -0.05) is 13.8 Å². The number of hydrogen-bond donors (Lipinski definition) is 1. The molecule has 1 aliphatic carbocycles. The van der Waals surface area contributed by atoms with Gasteiger partial charge in [-0.15, -0.1) is 0 Å². The summed E-state index contributed by atoms with van der Waals surface area (Å²) in [5.41, 5.74) is 0. The Balaban J connectivity index is 1.74. The summed E-state index contributed by atoms with van der Waals surface area (Å²) in [6.45, 7) is 7.19. The highest BCUT2D eigenvalue weighted by Crippen LogP contribution is 2.30. The first kappa shape index (κ1) is 13.4. The molecule has 1 N–H and O–H groups in total. The van der Waals surface area contributed by atoms with Gasteiger partial charge in [-0.3, -0.25) is 4.90 Å². The smallest absolute Gasteiger partial charge is 0.00993 e. The molecular formula is C15H30N2. The molecule has 17 heavy (non-hydrogen) atoms. The van der Waals surface area contributed by atoms with E-state index in [2.05, 4.69) is 24.1 Å². The summed E-state index contributed by atoms with van der Waals surface area (Å²) >= 11 is 0. The van der Waals surface area contributed by atoms with Crippen LogP contribution in [0.15, 0.2) is 0 Å². The molecule has 0 aromatic carbocycles. The summed E-state index contributed by atoms with van der Waals surface area (Å²) in [4.78, 5) is 2.83. The highest BCUT2D eigenvalue weighted by Gasteiger charge is 2.31. The average Bonchev–Trinajstić information content (AvgIpc) is 2.85. The summed E-state index contributed by atoms with van der Waals surface area (Å²) in [6.07, 6.45) is 11.2. The molecule has 2 heteroatoms. The van der Waals surface area contributed by atoms with Gasteiger partial charge in [0.05, 0.1) is 0 Å². The van der Waals surface area contributed by atoms with Crippen LogP contribution in [0.1, 0.15) is 65.2 Å². The van der Waals surface area contributed by atoms with E-state index < -0.39 is 0 Å². The molecule has 0 bridgehead atoms. The second-order valence-electron chi connectivity index (χ2n) is 5.90. The Labute approximate surface area is 107 Å². The third-order valence-corrected chi connectivity index (χ3v) is 4.74. The van der Waals surface area contributed by atoms with Crippen LogP contribution in [0.3, 0.4) is 0 Å². The van der Waals surface area contributed by atoms with Crippen LogP contribution in [0.5, 0.6) is 0 Å². The number of nitrogens with zero attached hydrogens (tertiary/aromatic N) is 1. The summed E-state index contributed by atoms with van der Waals surface area (Å²) in [5.74, 6) is 0. The zero-order valence-corrected chi connectivity index (χ0v) is 11.8. The monoisotopic (exact) mass is 238 g/mol. The molecule has 0 aromatic heterocycles. The second kappa shape index (κ2) is 6.75. The van der Waals surface area contributed by atoms with E-state index in [1.54, 1.807) is 0 Å². The van der Waals surface area contributed by atoms with E-state index in [-0.39, 0.29) is 0 Å². The van der Waals surface area contributed by atoms with Crippen LogP contribution >= 0.6 is 0 Å². The fourth-order valence-electron chi connectivity index (χ4n) is 3.74. The minimum absolute atomic E-state index is 0.814. The van der Waals surface area contributed by atoms with E-state index in [0.29, 0.717) is 0 Å². The Kier molecular flexibility index (Phi) is 5.30. The van der Waals surface area contributed by atoms with E-state index in [1.165, 1.54) is 64.5 Å². The Morgan fingerprint density at radius 2 is 1.82 bits per heavy atom. The lowest BCUT2D eigenvalue weighted by Gasteiger charge is -2.38. The van der Waals surface area contributed by atoms with Crippen molar-refractivity contribution in [2.24, 2.45) is 0 Å². The topological polar surface area (TPSA) is 15.3 Å². The van der Waals surface area contributed by atoms with Gasteiger partial charge in [0, 0.05) is 18.1 Å². The Bertz CT molecular complexity index is 209. The quantitative estimate of drug-likeness (QED) is 0.791. The molecule has 1 atom stereocenters. The molecule has 0 spiro atoms. The molecule has 0 aromatic rings. The predicted octanol–water partition coefficient (Wildman–Crippen LogP) is 3.17. The zero-order valence-electron chi connectivity index (χ0n) is 11.8. The summed E-state index contributed by atoms with van der Waals surface area (Å²) in [7, 11) is 0. The number of hydrogen-bond acceptors (Lipinski definition) is 2. The third-order valence-electron chi connectivity index (χ3n) is 4.74. The van der Waals surface area contributed by atoms with Crippen molar-refractivity contribution in [3.63, 3.8) is 0 Å². The fraction of sp³-hybridized carbons (Fsp3) is 1.00. The molecule has 1 heterocycles. The van der Waals surface area contributed by atoms with E-state index in [4.69, 9.17) is 0 Å². The molecule has 1 saturated heterocycles. The summed E-state index contributed by atoms with van der Waals surface area (Å²) < 4.78 is 0. The highest BCUT2D eigenvalue weighted by atomic mass is 15.2. The highest BCUT2D eigenvalue weighted by molar-refractivity contribution is 4.88. The van der Waals surface area contributed by atoms with Gasteiger partial charge in [0.2, 0.25) is 0 Å². The Hall–Kier alpha value is -0.0800. The normalized spacial score (nSPS) is 35.3. The lowest BCUT2D eigenvalue weighted by atomic mass is 9.89. The van der Waals surface area contributed by atoms with Crippen molar-refractivity contribution in [2.45, 2.75) is 83.3 Å². The van der Waals surface area contributed by atoms with E-state index >= 15 is 0 Å². The van der Waals surface area contributed by atoms with Gasteiger partial charge in [0.15, 0.2) is 0 Å². The maximum absolute atomic E-state index is 3.69. The van der Waals surface area contributed by atoms with Gasteiger partial charge in [-0.05, 0) is 64.5 Å². The minimum Gasteiger partial charge on any atom is -0.314 e. The molecule has 0 radical (unpaired) electrons. The van der Waals surface area contributed by atoms with Gasteiger partial charge in [-0.25, -0.2) is 0 Å². The van der Waals surface area contributed by atoms with Crippen LogP contribution < -0.4 is 5.32 Å². The van der Waals surface area contributed by atoms with Crippen LogP contribution in [0.4, 0.5) is 0 Å². The standard InChI is InChI=1S/C15H30N2/c1-3-11-16-13-7-9-15(10-8-13)17-12-5-6-14(17)4-2/h13-16H,3-12H2,1-2H3. The molecule has 2 rings (SSSR count). The van der Waals surface area contributed by atoms with Crippen LogP contribution in [0, 0.1) is 0 Å². The van der Waals surface area contributed by atoms with Crippen molar-refractivity contribution in [3.8, 4) is 0 Å². The Morgan fingerprint density at radius 3 is 2.47 bits per heavy atom. The van der Waals surface area contributed by atoms with Crippen molar-refractivity contribution in [1.29, 1.82) is 0 Å². The molecule has 100 valence electrons. The molecule has 2 fully saturated rings. The zero-order chi connectivity index (χ0) is 12.1. The van der Waals surface area contributed by atoms with Gasteiger partial charge < -0.3 is 5.32 Å². The van der Waals surface area contributed by atoms with Crippen LogP contribution in [-0.2, 0) is 0 Å². The van der Waals surface area contributed by atoms with Gasteiger partial charge in [0.1, 0.15) is 0 Å². The molecule has 2 nitrogen and oxygen atoms in total. The van der Waals surface area contributed by atoms with Crippen molar-refractivity contribution in [1.82, 2.24) is 10.2 Å². The molecule has 0 amide bonds. The van der Waals surface area contributed by atoms with Crippen molar-refractivity contribution < 1.29 is 0 Å². The predicted molar refractivity (Wildman–Crippen MR) is 74.4 cm³/mol. The summed E-state index contributed by atoms with van der Waals surface area (Å²) in [5, 5.41) is 3.69. The van der Waals surface area contributed by atoms with Gasteiger partial charge in [-0.2, -0.15) is 0 Å². The molecule has 2 aliphatic rings. The van der Waals surface area contributed by atoms with Crippen LogP contribution in [-0.4, -0.2) is 36.1 Å². The fourth-order valence-corrected chi connectivity index (χ4v) is 3.74. The lowest BCUT2D eigenvalue weighted by molar-refractivity contribution is 0.128. The molecule has 1 saturated carbocycles. The van der Waals surface area contributed by atoms with E-state index in [1.807, 2.05) is 0 Å². The van der Waals surface area contributed by atoms with Gasteiger partial charge in [0.25, 0.3) is 0 Å². The SMILES string of the molecule is CCCNC1CCC(N2CCCC2CC)CC1. The maximum atomic E-state index is 3.69. The van der Waals surface area contributed by atoms with Crippen molar-refractivity contribution >= 4 is 0 Å². The largest absolute Gasteiger partial charge is 0.314 e. The van der Waals surface area contributed by atoms with Crippen LogP contribution in [0.25, 0.3) is 0 Å². The van der Waals surface area contributed by atoms with Gasteiger partial charge >= 0.3 is 0 Å². The van der Waals surface area contributed by atoms with Crippen molar-refractivity contribution in [3.05, 3.63) is 0 Å². The first-order valence-electron chi connectivity index (χ1n) is 7.84. The molecule has 1 aliphatic heterocycles. The minimum atomic E-state index is 0.814. The van der Waals surface area contributed by atoms with E-state index in [0.717, 1.165) is 18.1 Å². The lowest BCUT2D eigenvalue weighted by Crippen LogP contribution is -2.44. The molecule has 1 unspecified atom stereocenters. The summed E-state index contributed by atoms with van der Waals surface area (Å²) in [6, 6.07) is 2.62. The molecular weight excluding hydrogens is 208 g/mol. The first-order chi connectivity index (χ1) is 8.35. The van der Waals surface area contributed by atoms with E-state index in [9.17, 15) is 0 Å². The first-order valence-corrected chi connectivity index (χ1v) is 7.84. The average molecular weight is 238 g/mol.